The molecule has 0 aromatic carbocycles. The average molecular weight is 156 g/mol. The van der Waals surface area contributed by atoms with E-state index < -0.39 is 0 Å². The van der Waals surface area contributed by atoms with Crippen molar-refractivity contribution >= 4 is 5.97 Å². The Hall–Kier alpha value is -0.790. The molecule has 0 amide bonds. The fourth-order valence-corrected chi connectivity index (χ4v) is 0.526. The van der Waals surface area contributed by atoms with Crippen LogP contribution in [-0.2, 0) is 9.53 Å². The molecule has 0 saturated heterocycles. The van der Waals surface area contributed by atoms with Crippen molar-refractivity contribution in [3.8, 4) is 0 Å². The van der Waals surface area contributed by atoms with Gasteiger partial charge in [-0.1, -0.05) is 19.4 Å². The number of hydrogen-bond acceptors (Lipinski definition) is 2. The number of hydrogen-bond donors (Lipinski definition) is 0. The van der Waals surface area contributed by atoms with E-state index in [-0.39, 0.29) is 5.97 Å². The van der Waals surface area contributed by atoms with E-state index in [4.69, 9.17) is 4.74 Å². The Bertz CT molecular complexity index is 153. The molecule has 0 aromatic rings. The van der Waals surface area contributed by atoms with Crippen molar-refractivity contribution < 1.29 is 9.53 Å². The van der Waals surface area contributed by atoms with Crippen LogP contribution < -0.4 is 0 Å². The van der Waals surface area contributed by atoms with Crippen molar-refractivity contribution in [3.63, 3.8) is 0 Å². The minimum absolute atomic E-state index is 0.237. The summed E-state index contributed by atoms with van der Waals surface area (Å²) in [6.45, 7) is 8.27. The van der Waals surface area contributed by atoms with Crippen molar-refractivity contribution in [2.24, 2.45) is 5.92 Å². The third kappa shape index (κ3) is 7.10. The Balaban J connectivity index is 3.63. The van der Waals surface area contributed by atoms with E-state index in [0.717, 1.165) is 5.57 Å². The monoisotopic (exact) mass is 156 g/mol. The predicted molar refractivity (Wildman–Crippen MR) is 45.2 cm³/mol. The van der Waals surface area contributed by atoms with Gasteiger partial charge in [-0.05, 0) is 19.8 Å². The quantitative estimate of drug-likeness (QED) is 0.462. The van der Waals surface area contributed by atoms with E-state index in [1.54, 1.807) is 0 Å². The second-order valence-electron chi connectivity index (χ2n) is 3.25. The Morgan fingerprint density at radius 3 is 2.36 bits per heavy atom. The van der Waals surface area contributed by atoms with Gasteiger partial charge in [-0.2, -0.15) is 0 Å². The smallest absolute Gasteiger partial charge is 0.330 e. The zero-order valence-corrected chi connectivity index (χ0v) is 7.68. The van der Waals surface area contributed by atoms with Gasteiger partial charge in [0.05, 0.1) is 6.61 Å². The molecule has 2 heteroatoms. The normalized spacial score (nSPS) is 9.55. The zero-order chi connectivity index (χ0) is 8.85. The van der Waals surface area contributed by atoms with Crippen molar-refractivity contribution in [2.45, 2.75) is 27.7 Å². The minimum atomic E-state index is -0.237. The lowest BCUT2D eigenvalue weighted by atomic mass is 10.2. The van der Waals surface area contributed by atoms with E-state index >= 15 is 0 Å². The van der Waals surface area contributed by atoms with Crippen molar-refractivity contribution in [3.05, 3.63) is 11.6 Å². The standard InChI is InChI=1S/C9H16O2/c1-7(2)5-9(10)11-6-8(3)4/h5,8H,6H2,1-4H3. The molecule has 0 aliphatic heterocycles. The third-order valence-electron chi connectivity index (χ3n) is 0.965. The number of carbonyl (C=O) groups is 1. The Labute approximate surface area is 68.2 Å². The van der Waals surface area contributed by atoms with Crippen LogP contribution in [0, 0.1) is 5.92 Å². The Morgan fingerprint density at radius 1 is 1.45 bits per heavy atom. The maximum absolute atomic E-state index is 10.9. The van der Waals surface area contributed by atoms with Gasteiger partial charge < -0.3 is 4.74 Å². The first-order valence-corrected chi connectivity index (χ1v) is 3.84. The summed E-state index contributed by atoms with van der Waals surface area (Å²) in [5.74, 6) is 0.170. The van der Waals surface area contributed by atoms with Gasteiger partial charge in [0.1, 0.15) is 0 Å². The maximum Gasteiger partial charge on any atom is 0.330 e. The van der Waals surface area contributed by atoms with E-state index in [1.165, 1.54) is 6.08 Å². The summed E-state index contributed by atoms with van der Waals surface area (Å²) >= 11 is 0. The Kier molecular flexibility index (Phi) is 4.59. The van der Waals surface area contributed by atoms with Crippen LogP contribution in [0.4, 0.5) is 0 Å². The summed E-state index contributed by atoms with van der Waals surface area (Å²) in [6, 6.07) is 0. The second-order valence-corrected chi connectivity index (χ2v) is 3.25. The topological polar surface area (TPSA) is 26.3 Å². The first kappa shape index (κ1) is 10.2. The lowest BCUT2D eigenvalue weighted by Gasteiger charge is -2.03. The molecule has 0 spiro atoms. The first-order chi connectivity index (χ1) is 5.02. The number of esters is 1. The second kappa shape index (κ2) is 4.94. The summed E-state index contributed by atoms with van der Waals surface area (Å²) in [4.78, 5) is 10.9. The fourth-order valence-electron chi connectivity index (χ4n) is 0.526. The molecule has 0 unspecified atom stereocenters. The van der Waals surface area contributed by atoms with E-state index in [9.17, 15) is 4.79 Å². The van der Waals surface area contributed by atoms with Crippen LogP contribution in [0.3, 0.4) is 0 Å². The summed E-state index contributed by atoms with van der Waals surface area (Å²) in [6.07, 6.45) is 1.50. The van der Waals surface area contributed by atoms with E-state index in [0.29, 0.717) is 12.5 Å². The van der Waals surface area contributed by atoms with E-state index in [1.807, 2.05) is 27.7 Å². The number of carbonyl (C=O) groups excluding carboxylic acids is 1. The Morgan fingerprint density at radius 2 is 2.00 bits per heavy atom. The summed E-state index contributed by atoms with van der Waals surface area (Å²) in [5, 5.41) is 0. The van der Waals surface area contributed by atoms with Crippen molar-refractivity contribution in [1.29, 1.82) is 0 Å². The van der Waals surface area contributed by atoms with Crippen molar-refractivity contribution in [2.75, 3.05) is 6.61 Å². The molecule has 0 saturated carbocycles. The van der Waals surface area contributed by atoms with Gasteiger partial charge in [0.25, 0.3) is 0 Å². The van der Waals surface area contributed by atoms with Gasteiger partial charge >= 0.3 is 5.97 Å². The average Bonchev–Trinajstić information content (AvgIpc) is 1.82. The summed E-state index contributed by atoms with van der Waals surface area (Å²) < 4.78 is 4.90. The third-order valence-corrected chi connectivity index (χ3v) is 0.965. The van der Waals surface area contributed by atoms with Crippen LogP contribution >= 0.6 is 0 Å². The lowest BCUT2D eigenvalue weighted by Crippen LogP contribution is -2.07. The number of rotatable bonds is 3. The highest BCUT2D eigenvalue weighted by Crippen LogP contribution is 1.95. The van der Waals surface area contributed by atoms with Crippen LogP contribution in [0.1, 0.15) is 27.7 Å². The molecule has 0 rings (SSSR count). The van der Waals surface area contributed by atoms with E-state index in [2.05, 4.69) is 0 Å². The van der Waals surface area contributed by atoms with Crippen molar-refractivity contribution in [1.82, 2.24) is 0 Å². The lowest BCUT2D eigenvalue weighted by molar-refractivity contribution is -0.138. The largest absolute Gasteiger partial charge is 0.462 e. The molecular weight excluding hydrogens is 140 g/mol. The van der Waals surface area contributed by atoms with Crippen LogP contribution in [-0.4, -0.2) is 12.6 Å². The van der Waals surface area contributed by atoms with Gasteiger partial charge in [0, 0.05) is 6.08 Å². The molecule has 0 heterocycles. The summed E-state index contributed by atoms with van der Waals surface area (Å²) in [7, 11) is 0. The number of allylic oxidation sites excluding steroid dienone is 1. The molecule has 11 heavy (non-hydrogen) atoms. The molecule has 0 aliphatic carbocycles. The van der Waals surface area contributed by atoms with Crippen LogP contribution in [0.25, 0.3) is 0 Å². The SMILES string of the molecule is CC(C)=CC(=O)OCC(C)C. The maximum atomic E-state index is 10.9. The fraction of sp³-hybridized carbons (Fsp3) is 0.667. The van der Waals surface area contributed by atoms with Gasteiger partial charge in [-0.25, -0.2) is 4.79 Å². The van der Waals surface area contributed by atoms with Gasteiger partial charge in [0.2, 0.25) is 0 Å². The first-order valence-electron chi connectivity index (χ1n) is 3.84. The molecule has 64 valence electrons. The molecule has 0 fully saturated rings. The zero-order valence-electron chi connectivity index (χ0n) is 7.68. The number of ether oxygens (including phenoxy) is 1. The molecule has 0 aliphatic rings. The highest BCUT2D eigenvalue weighted by atomic mass is 16.5. The van der Waals surface area contributed by atoms with Crippen LogP contribution in [0.5, 0.6) is 0 Å². The predicted octanol–water partition coefficient (Wildman–Crippen LogP) is 2.15. The highest BCUT2D eigenvalue weighted by molar-refractivity contribution is 5.82. The molecule has 0 N–H and O–H groups in total. The molecule has 0 atom stereocenters. The molecule has 2 nitrogen and oxygen atoms in total. The summed E-state index contributed by atoms with van der Waals surface area (Å²) in [5.41, 5.74) is 0.971. The van der Waals surface area contributed by atoms with Gasteiger partial charge in [-0.3, -0.25) is 0 Å². The molecule has 0 radical (unpaired) electrons. The molecule has 0 aromatic heterocycles. The minimum Gasteiger partial charge on any atom is -0.462 e. The highest BCUT2D eigenvalue weighted by Gasteiger charge is 1.99. The van der Waals surface area contributed by atoms with Gasteiger partial charge in [0.15, 0.2) is 0 Å². The van der Waals surface area contributed by atoms with Crippen LogP contribution in [0.2, 0.25) is 0 Å². The molecule has 0 bridgehead atoms. The van der Waals surface area contributed by atoms with Gasteiger partial charge in [-0.15, -0.1) is 0 Å². The van der Waals surface area contributed by atoms with Crippen LogP contribution in [0.15, 0.2) is 11.6 Å². The molecular formula is C9H16O2.